The number of aliphatic hydroxyl groups is 1. The molecule has 1 aliphatic carbocycles. The minimum atomic E-state index is -1.19. The second-order valence-corrected chi connectivity index (χ2v) is 3.67. The fraction of sp³-hybridized carbons (Fsp3) is 0.900. The van der Waals surface area contributed by atoms with Gasteiger partial charge in [-0.3, -0.25) is 0 Å². The molecule has 0 heterocycles. The first-order valence-electron chi connectivity index (χ1n) is 5.08. The van der Waals surface area contributed by atoms with E-state index in [4.69, 9.17) is 4.74 Å². The van der Waals surface area contributed by atoms with Crippen LogP contribution in [0.25, 0.3) is 0 Å². The molecule has 0 spiro atoms. The number of carbonyl (C=O) groups excluding carboxylic acids is 1. The van der Waals surface area contributed by atoms with Gasteiger partial charge < -0.3 is 9.84 Å². The number of rotatable bonds is 2. The molecule has 1 rings (SSSR count). The summed E-state index contributed by atoms with van der Waals surface area (Å²) in [4.78, 5) is 11.4. The molecule has 0 aliphatic heterocycles. The van der Waals surface area contributed by atoms with Crippen molar-refractivity contribution >= 4 is 5.97 Å². The van der Waals surface area contributed by atoms with E-state index in [0.717, 1.165) is 25.7 Å². The highest BCUT2D eigenvalue weighted by atomic mass is 16.5. The van der Waals surface area contributed by atoms with E-state index in [0.29, 0.717) is 19.4 Å². The summed E-state index contributed by atoms with van der Waals surface area (Å²) >= 11 is 0. The van der Waals surface area contributed by atoms with Crippen molar-refractivity contribution in [3.05, 3.63) is 0 Å². The molecule has 0 atom stereocenters. The Bertz CT molecular complexity index is 169. The van der Waals surface area contributed by atoms with Crippen LogP contribution in [-0.2, 0) is 9.53 Å². The summed E-state index contributed by atoms with van der Waals surface area (Å²) in [5.74, 6) is -0.433. The molecular weight excluding hydrogens is 168 g/mol. The number of carbonyl (C=O) groups is 1. The Kier molecular flexibility index (Phi) is 3.72. The van der Waals surface area contributed by atoms with Crippen molar-refractivity contribution in [3.63, 3.8) is 0 Å². The van der Waals surface area contributed by atoms with Crippen molar-refractivity contribution in [1.29, 1.82) is 0 Å². The number of hydrogen-bond donors (Lipinski definition) is 1. The van der Waals surface area contributed by atoms with E-state index in [1.807, 2.05) is 0 Å². The zero-order valence-electron chi connectivity index (χ0n) is 8.21. The Morgan fingerprint density at radius 3 is 2.31 bits per heavy atom. The zero-order chi connectivity index (χ0) is 9.73. The first kappa shape index (κ1) is 10.5. The summed E-state index contributed by atoms with van der Waals surface area (Å²) in [5.41, 5.74) is -1.19. The Balaban J connectivity index is 2.55. The van der Waals surface area contributed by atoms with Gasteiger partial charge in [-0.1, -0.05) is 12.8 Å². The monoisotopic (exact) mass is 186 g/mol. The van der Waals surface area contributed by atoms with Crippen LogP contribution in [0.4, 0.5) is 0 Å². The smallest absolute Gasteiger partial charge is 0.338 e. The third-order valence-corrected chi connectivity index (χ3v) is 2.59. The van der Waals surface area contributed by atoms with Crippen LogP contribution in [0.1, 0.15) is 45.4 Å². The zero-order valence-corrected chi connectivity index (χ0v) is 8.21. The molecule has 3 nitrogen and oxygen atoms in total. The van der Waals surface area contributed by atoms with E-state index in [9.17, 15) is 9.90 Å². The fourth-order valence-corrected chi connectivity index (χ4v) is 1.78. The SMILES string of the molecule is CCOC(=O)C1(O)CCCCCC1. The summed E-state index contributed by atoms with van der Waals surface area (Å²) in [6.45, 7) is 2.11. The van der Waals surface area contributed by atoms with Gasteiger partial charge in [-0.2, -0.15) is 0 Å². The van der Waals surface area contributed by atoms with E-state index in [2.05, 4.69) is 0 Å². The molecule has 76 valence electrons. The van der Waals surface area contributed by atoms with Crippen LogP contribution in [-0.4, -0.2) is 23.3 Å². The minimum Gasteiger partial charge on any atom is -0.464 e. The van der Waals surface area contributed by atoms with Crippen LogP contribution >= 0.6 is 0 Å². The molecule has 0 aromatic rings. The maximum atomic E-state index is 11.4. The van der Waals surface area contributed by atoms with Crippen molar-refractivity contribution in [2.24, 2.45) is 0 Å². The second kappa shape index (κ2) is 4.61. The Hall–Kier alpha value is -0.570. The lowest BCUT2D eigenvalue weighted by molar-refractivity contribution is -0.166. The second-order valence-electron chi connectivity index (χ2n) is 3.67. The molecule has 0 aromatic heterocycles. The molecule has 0 aromatic carbocycles. The van der Waals surface area contributed by atoms with Crippen molar-refractivity contribution < 1.29 is 14.6 Å². The molecule has 1 N–H and O–H groups in total. The maximum Gasteiger partial charge on any atom is 0.338 e. The maximum absolute atomic E-state index is 11.4. The van der Waals surface area contributed by atoms with E-state index in [-0.39, 0.29) is 0 Å². The molecule has 0 unspecified atom stereocenters. The van der Waals surface area contributed by atoms with Crippen molar-refractivity contribution in [2.75, 3.05) is 6.61 Å². The standard InChI is InChI=1S/C10H18O3/c1-2-13-9(11)10(12)7-5-3-4-6-8-10/h12H,2-8H2,1H3. The van der Waals surface area contributed by atoms with Crippen molar-refractivity contribution in [3.8, 4) is 0 Å². The van der Waals surface area contributed by atoms with Gasteiger partial charge in [0.25, 0.3) is 0 Å². The van der Waals surface area contributed by atoms with Gasteiger partial charge in [-0.05, 0) is 32.6 Å². The Labute approximate surface area is 79.1 Å². The lowest BCUT2D eigenvalue weighted by atomic mass is 9.95. The third kappa shape index (κ3) is 2.69. The van der Waals surface area contributed by atoms with Gasteiger partial charge in [0.05, 0.1) is 6.61 Å². The normalized spacial score (nSPS) is 22.0. The molecule has 1 fully saturated rings. The number of hydrogen-bond acceptors (Lipinski definition) is 3. The molecule has 1 aliphatic rings. The minimum absolute atomic E-state index is 0.348. The van der Waals surface area contributed by atoms with Crippen molar-refractivity contribution in [1.82, 2.24) is 0 Å². The highest BCUT2D eigenvalue weighted by Gasteiger charge is 2.37. The number of esters is 1. The average Bonchev–Trinajstić information content (AvgIpc) is 2.32. The predicted molar refractivity (Wildman–Crippen MR) is 49.3 cm³/mol. The van der Waals surface area contributed by atoms with E-state index < -0.39 is 11.6 Å². The summed E-state index contributed by atoms with van der Waals surface area (Å²) < 4.78 is 4.85. The molecule has 3 heteroatoms. The van der Waals surface area contributed by atoms with Gasteiger partial charge in [0, 0.05) is 0 Å². The highest BCUT2D eigenvalue weighted by molar-refractivity contribution is 5.79. The van der Waals surface area contributed by atoms with Crippen LogP contribution in [0.5, 0.6) is 0 Å². The largest absolute Gasteiger partial charge is 0.464 e. The van der Waals surface area contributed by atoms with Crippen LogP contribution < -0.4 is 0 Å². The number of ether oxygens (including phenoxy) is 1. The Morgan fingerprint density at radius 2 is 1.85 bits per heavy atom. The first-order valence-corrected chi connectivity index (χ1v) is 5.08. The van der Waals surface area contributed by atoms with E-state index >= 15 is 0 Å². The molecule has 0 saturated heterocycles. The highest BCUT2D eigenvalue weighted by Crippen LogP contribution is 2.27. The lowest BCUT2D eigenvalue weighted by Gasteiger charge is -2.23. The lowest BCUT2D eigenvalue weighted by Crippen LogP contribution is -2.39. The first-order chi connectivity index (χ1) is 6.19. The fourth-order valence-electron chi connectivity index (χ4n) is 1.78. The van der Waals surface area contributed by atoms with Crippen LogP contribution in [0.15, 0.2) is 0 Å². The van der Waals surface area contributed by atoms with Gasteiger partial charge >= 0.3 is 5.97 Å². The molecule has 1 saturated carbocycles. The summed E-state index contributed by atoms with van der Waals surface area (Å²) in [5, 5.41) is 9.98. The van der Waals surface area contributed by atoms with Crippen LogP contribution in [0.3, 0.4) is 0 Å². The van der Waals surface area contributed by atoms with Gasteiger partial charge in [-0.15, -0.1) is 0 Å². The van der Waals surface area contributed by atoms with Crippen molar-refractivity contribution in [2.45, 2.75) is 51.0 Å². The summed E-state index contributed by atoms with van der Waals surface area (Å²) in [7, 11) is 0. The van der Waals surface area contributed by atoms with Gasteiger partial charge in [-0.25, -0.2) is 4.79 Å². The third-order valence-electron chi connectivity index (χ3n) is 2.59. The quantitative estimate of drug-likeness (QED) is 0.526. The molecule has 0 bridgehead atoms. The molecular formula is C10H18O3. The summed E-state index contributed by atoms with van der Waals surface area (Å²) in [6, 6.07) is 0. The Morgan fingerprint density at radius 1 is 1.31 bits per heavy atom. The molecule has 0 amide bonds. The van der Waals surface area contributed by atoms with Gasteiger partial charge in [0.15, 0.2) is 5.60 Å². The van der Waals surface area contributed by atoms with E-state index in [1.165, 1.54) is 0 Å². The van der Waals surface area contributed by atoms with Gasteiger partial charge in [0.2, 0.25) is 0 Å². The summed E-state index contributed by atoms with van der Waals surface area (Å²) in [6.07, 6.45) is 5.20. The molecule has 0 radical (unpaired) electrons. The van der Waals surface area contributed by atoms with E-state index in [1.54, 1.807) is 6.92 Å². The average molecular weight is 186 g/mol. The van der Waals surface area contributed by atoms with Crippen LogP contribution in [0.2, 0.25) is 0 Å². The van der Waals surface area contributed by atoms with Crippen LogP contribution in [0, 0.1) is 0 Å². The molecule has 13 heavy (non-hydrogen) atoms. The topological polar surface area (TPSA) is 46.5 Å². The predicted octanol–water partition coefficient (Wildman–Crippen LogP) is 1.63. The van der Waals surface area contributed by atoms with Gasteiger partial charge in [0.1, 0.15) is 0 Å².